The number of benzene rings is 1. The van der Waals surface area contributed by atoms with E-state index in [9.17, 15) is 0 Å². The number of hydrogen-bond donors (Lipinski definition) is 1. The molecule has 1 aromatic carbocycles. The Morgan fingerprint density at radius 2 is 1.94 bits per heavy atom. The van der Waals surface area contributed by atoms with Crippen LogP contribution in [0.15, 0.2) is 24.3 Å². The van der Waals surface area contributed by atoms with Gasteiger partial charge in [-0.15, -0.1) is 0 Å². The Balaban J connectivity index is 1.91. The number of ether oxygens (including phenoxy) is 1. The molecule has 1 saturated carbocycles. The van der Waals surface area contributed by atoms with E-state index in [1.165, 1.54) is 12.0 Å². The Morgan fingerprint density at radius 1 is 1.22 bits per heavy atom. The van der Waals surface area contributed by atoms with Crippen molar-refractivity contribution in [2.24, 2.45) is 5.92 Å². The lowest BCUT2D eigenvalue weighted by atomic mass is 9.67. The minimum atomic E-state index is 0.705. The van der Waals surface area contributed by atoms with Crippen LogP contribution in [0.3, 0.4) is 0 Å². The summed E-state index contributed by atoms with van der Waals surface area (Å²) in [4.78, 5) is 0. The summed E-state index contributed by atoms with van der Waals surface area (Å²) in [5.74, 6) is 2.46. The third-order valence-corrected chi connectivity index (χ3v) is 4.02. The van der Waals surface area contributed by atoms with Gasteiger partial charge in [0.25, 0.3) is 0 Å². The van der Waals surface area contributed by atoms with Gasteiger partial charge in [0.15, 0.2) is 0 Å². The molecule has 0 bridgehead atoms. The largest absolute Gasteiger partial charge is 0.494 e. The summed E-state index contributed by atoms with van der Waals surface area (Å²) in [6.45, 7) is 8.54. The molecule has 1 fully saturated rings. The maximum Gasteiger partial charge on any atom is 0.119 e. The van der Waals surface area contributed by atoms with E-state index in [2.05, 4.69) is 50.4 Å². The summed E-state index contributed by atoms with van der Waals surface area (Å²) < 4.78 is 5.62. The molecule has 3 atom stereocenters. The fourth-order valence-electron chi connectivity index (χ4n) is 2.79. The average molecular weight is 247 g/mol. The fraction of sp³-hybridized carbons (Fsp3) is 0.625. The van der Waals surface area contributed by atoms with Crippen LogP contribution in [0.25, 0.3) is 0 Å². The Kier molecular flexibility index (Phi) is 4.65. The van der Waals surface area contributed by atoms with Gasteiger partial charge in [0, 0.05) is 6.04 Å². The molecule has 0 radical (unpaired) electrons. The molecule has 18 heavy (non-hydrogen) atoms. The predicted molar refractivity (Wildman–Crippen MR) is 76.2 cm³/mol. The molecule has 0 aliphatic heterocycles. The summed E-state index contributed by atoms with van der Waals surface area (Å²) in [6.07, 6.45) is 2.33. The highest BCUT2D eigenvalue weighted by atomic mass is 16.5. The molecule has 1 aliphatic carbocycles. The monoisotopic (exact) mass is 247 g/mol. The summed E-state index contributed by atoms with van der Waals surface area (Å²) in [6, 6.07) is 9.38. The van der Waals surface area contributed by atoms with Crippen molar-refractivity contribution < 1.29 is 4.74 Å². The quantitative estimate of drug-likeness (QED) is 0.829. The van der Waals surface area contributed by atoms with E-state index < -0.39 is 0 Å². The zero-order valence-corrected chi connectivity index (χ0v) is 11.8. The predicted octanol–water partition coefficient (Wildman–Crippen LogP) is 3.58. The summed E-state index contributed by atoms with van der Waals surface area (Å²) in [7, 11) is 0. The third-order valence-electron chi connectivity index (χ3n) is 4.02. The number of nitrogens with one attached hydrogen (secondary N) is 1. The molecule has 2 heteroatoms. The van der Waals surface area contributed by atoms with E-state index in [-0.39, 0.29) is 0 Å². The highest BCUT2D eigenvalue weighted by molar-refractivity contribution is 5.31. The zero-order chi connectivity index (χ0) is 13.0. The van der Waals surface area contributed by atoms with Crippen molar-refractivity contribution in [3.8, 4) is 5.75 Å². The third kappa shape index (κ3) is 2.86. The van der Waals surface area contributed by atoms with Gasteiger partial charge < -0.3 is 10.1 Å². The standard InChI is InChI=1S/C16H25NO/c1-4-10-18-14-8-6-13(7-9-14)15-11-16(12(15)3)17-5-2/h6-9,12,15-17H,4-5,10-11H2,1-3H3. The molecule has 0 spiro atoms. The van der Waals surface area contributed by atoms with Crippen molar-refractivity contribution in [3.05, 3.63) is 29.8 Å². The first kappa shape index (κ1) is 13.4. The van der Waals surface area contributed by atoms with Gasteiger partial charge in [-0.25, -0.2) is 0 Å². The molecule has 1 aromatic rings. The molecule has 2 rings (SSSR count). The van der Waals surface area contributed by atoms with E-state index in [4.69, 9.17) is 4.74 Å². The molecular weight excluding hydrogens is 222 g/mol. The van der Waals surface area contributed by atoms with E-state index >= 15 is 0 Å². The summed E-state index contributed by atoms with van der Waals surface area (Å²) >= 11 is 0. The lowest BCUT2D eigenvalue weighted by molar-refractivity contribution is 0.187. The first-order chi connectivity index (χ1) is 8.76. The molecule has 1 aliphatic rings. The Hall–Kier alpha value is -1.02. The smallest absolute Gasteiger partial charge is 0.119 e. The molecule has 3 unspecified atom stereocenters. The van der Waals surface area contributed by atoms with Gasteiger partial charge in [-0.1, -0.05) is 32.9 Å². The highest BCUT2D eigenvalue weighted by Gasteiger charge is 2.37. The van der Waals surface area contributed by atoms with Gasteiger partial charge in [-0.2, -0.15) is 0 Å². The minimum Gasteiger partial charge on any atom is -0.494 e. The van der Waals surface area contributed by atoms with Crippen molar-refractivity contribution in [1.82, 2.24) is 5.32 Å². The Bertz CT molecular complexity index is 360. The molecule has 1 N–H and O–H groups in total. The fourth-order valence-corrected chi connectivity index (χ4v) is 2.79. The van der Waals surface area contributed by atoms with Crippen molar-refractivity contribution in [1.29, 1.82) is 0 Å². The van der Waals surface area contributed by atoms with Crippen LogP contribution in [0.4, 0.5) is 0 Å². The van der Waals surface area contributed by atoms with Gasteiger partial charge in [-0.3, -0.25) is 0 Å². The second-order valence-corrected chi connectivity index (χ2v) is 5.28. The van der Waals surface area contributed by atoms with Crippen molar-refractivity contribution in [2.75, 3.05) is 13.2 Å². The van der Waals surface area contributed by atoms with Crippen molar-refractivity contribution in [3.63, 3.8) is 0 Å². The van der Waals surface area contributed by atoms with Gasteiger partial charge >= 0.3 is 0 Å². The van der Waals surface area contributed by atoms with Crippen LogP contribution in [0, 0.1) is 5.92 Å². The van der Waals surface area contributed by atoms with Crippen LogP contribution in [0.5, 0.6) is 5.75 Å². The van der Waals surface area contributed by atoms with Gasteiger partial charge in [0.05, 0.1) is 6.61 Å². The summed E-state index contributed by atoms with van der Waals surface area (Å²) in [5, 5.41) is 3.55. The molecule has 2 nitrogen and oxygen atoms in total. The van der Waals surface area contributed by atoms with Crippen LogP contribution >= 0.6 is 0 Å². The second-order valence-electron chi connectivity index (χ2n) is 5.28. The molecule has 0 aromatic heterocycles. The Morgan fingerprint density at radius 3 is 2.50 bits per heavy atom. The van der Waals surface area contributed by atoms with E-state index in [0.717, 1.165) is 31.2 Å². The first-order valence-electron chi connectivity index (χ1n) is 7.22. The van der Waals surface area contributed by atoms with Crippen LogP contribution in [-0.4, -0.2) is 19.2 Å². The van der Waals surface area contributed by atoms with Gasteiger partial charge in [0.1, 0.15) is 5.75 Å². The lowest BCUT2D eigenvalue weighted by Crippen LogP contribution is -2.47. The van der Waals surface area contributed by atoms with E-state index in [0.29, 0.717) is 12.0 Å². The minimum absolute atomic E-state index is 0.705. The maximum atomic E-state index is 5.62. The van der Waals surface area contributed by atoms with Gasteiger partial charge in [-0.05, 0) is 48.9 Å². The SMILES string of the molecule is CCCOc1ccc(C2CC(NCC)C2C)cc1. The second kappa shape index (κ2) is 6.24. The summed E-state index contributed by atoms with van der Waals surface area (Å²) in [5.41, 5.74) is 1.46. The van der Waals surface area contributed by atoms with Crippen LogP contribution in [0.2, 0.25) is 0 Å². The number of hydrogen-bond acceptors (Lipinski definition) is 2. The Labute approximate surface area is 111 Å². The van der Waals surface area contributed by atoms with Crippen LogP contribution in [-0.2, 0) is 0 Å². The van der Waals surface area contributed by atoms with Crippen molar-refractivity contribution in [2.45, 2.75) is 45.6 Å². The van der Waals surface area contributed by atoms with Crippen LogP contribution < -0.4 is 10.1 Å². The lowest BCUT2D eigenvalue weighted by Gasteiger charge is -2.43. The first-order valence-corrected chi connectivity index (χ1v) is 7.22. The normalized spacial score (nSPS) is 26.7. The van der Waals surface area contributed by atoms with E-state index in [1.54, 1.807) is 0 Å². The van der Waals surface area contributed by atoms with Gasteiger partial charge in [0.2, 0.25) is 0 Å². The van der Waals surface area contributed by atoms with Crippen molar-refractivity contribution >= 4 is 0 Å². The molecule has 0 amide bonds. The topological polar surface area (TPSA) is 21.3 Å². The maximum absolute atomic E-state index is 5.62. The zero-order valence-electron chi connectivity index (χ0n) is 11.8. The molecule has 0 saturated heterocycles. The van der Waals surface area contributed by atoms with Crippen LogP contribution in [0.1, 0.15) is 45.1 Å². The average Bonchev–Trinajstić information content (AvgIpc) is 2.41. The van der Waals surface area contributed by atoms with E-state index in [1.807, 2.05) is 0 Å². The molecular formula is C16H25NO. The molecule has 0 heterocycles. The molecule has 100 valence electrons. The number of rotatable bonds is 6. The highest BCUT2D eigenvalue weighted by Crippen LogP contribution is 2.42.